The Morgan fingerprint density at radius 2 is 1.80 bits per heavy atom. The van der Waals surface area contributed by atoms with Gasteiger partial charge in [-0.2, -0.15) is 0 Å². The topological polar surface area (TPSA) is 46.2 Å². The van der Waals surface area contributed by atoms with E-state index < -0.39 is 0 Å². The number of hydrogen-bond acceptors (Lipinski definition) is 2. The molecule has 1 amide bonds. The fraction of sp³-hybridized carbons (Fsp3) is 0.0667. The molecule has 0 spiro atoms. The van der Waals surface area contributed by atoms with Crippen LogP contribution in [0.5, 0.6) is 0 Å². The smallest absolute Gasteiger partial charge is 0.239 e. The second kappa shape index (κ2) is 6.68. The van der Waals surface area contributed by atoms with Gasteiger partial charge in [-0.3, -0.25) is 9.59 Å². The van der Waals surface area contributed by atoms with E-state index in [0.29, 0.717) is 16.8 Å². The lowest BCUT2D eigenvalue weighted by Gasteiger charge is -2.10. The van der Waals surface area contributed by atoms with Gasteiger partial charge in [0.05, 0.1) is 5.69 Å². The highest BCUT2D eigenvalue weighted by Gasteiger charge is 2.15. The summed E-state index contributed by atoms with van der Waals surface area (Å²) >= 11 is 8.81. The Morgan fingerprint density at radius 1 is 1.10 bits per heavy atom. The van der Waals surface area contributed by atoms with E-state index in [0.717, 1.165) is 4.47 Å². The van der Waals surface area contributed by atoms with Gasteiger partial charge in [0.2, 0.25) is 5.91 Å². The van der Waals surface area contributed by atoms with E-state index in [9.17, 15) is 9.59 Å². The van der Waals surface area contributed by atoms with Crippen LogP contribution in [-0.4, -0.2) is 17.6 Å². The lowest BCUT2D eigenvalue weighted by Crippen LogP contribution is -2.16. The number of benzene rings is 2. The van der Waals surface area contributed by atoms with E-state index >= 15 is 0 Å². The van der Waals surface area contributed by atoms with Crippen LogP contribution in [-0.2, 0) is 4.79 Å². The summed E-state index contributed by atoms with van der Waals surface area (Å²) in [5.74, 6) is -0.664. The zero-order chi connectivity index (χ0) is 14.5. The number of nitrogens with one attached hydrogen (secondary N) is 1. The van der Waals surface area contributed by atoms with Crippen LogP contribution in [0.15, 0.2) is 53.0 Å². The first-order chi connectivity index (χ1) is 9.61. The molecule has 0 fully saturated rings. The largest absolute Gasteiger partial charge is 0.324 e. The fourth-order valence-corrected chi connectivity index (χ4v) is 2.17. The highest BCUT2D eigenvalue weighted by atomic mass is 79.9. The third-order valence-corrected chi connectivity index (χ3v) is 3.39. The monoisotopic (exact) mass is 351 g/mol. The van der Waals surface area contributed by atoms with Crippen molar-refractivity contribution >= 4 is 44.9 Å². The van der Waals surface area contributed by atoms with Crippen molar-refractivity contribution in [1.82, 2.24) is 0 Å². The summed E-state index contributed by atoms with van der Waals surface area (Å²) in [5.41, 5.74) is 1.43. The minimum absolute atomic E-state index is 0.156. The summed E-state index contributed by atoms with van der Waals surface area (Å²) in [7, 11) is 0. The molecule has 0 saturated carbocycles. The standard InChI is InChI=1S/C15H11BrClNO2/c16-11-6-7-13(18-14(19)9-17)12(8-11)15(20)10-4-2-1-3-5-10/h1-8H,9H2,(H,18,19). The van der Waals surface area contributed by atoms with Crippen molar-refractivity contribution < 1.29 is 9.59 Å². The summed E-state index contributed by atoms with van der Waals surface area (Å²) in [6.07, 6.45) is 0. The van der Waals surface area contributed by atoms with Crippen LogP contribution in [0.2, 0.25) is 0 Å². The Hall–Kier alpha value is -1.65. The first-order valence-corrected chi connectivity index (χ1v) is 7.19. The maximum Gasteiger partial charge on any atom is 0.239 e. The maximum absolute atomic E-state index is 12.5. The quantitative estimate of drug-likeness (QED) is 0.671. The molecule has 2 rings (SSSR count). The third-order valence-electron chi connectivity index (χ3n) is 2.66. The van der Waals surface area contributed by atoms with Crippen LogP contribution in [0.1, 0.15) is 15.9 Å². The molecule has 102 valence electrons. The highest BCUT2D eigenvalue weighted by Crippen LogP contribution is 2.24. The molecule has 0 atom stereocenters. The molecule has 0 radical (unpaired) electrons. The van der Waals surface area contributed by atoms with E-state index in [1.807, 2.05) is 6.07 Å². The lowest BCUT2D eigenvalue weighted by molar-refractivity contribution is -0.113. The SMILES string of the molecule is O=C(CCl)Nc1ccc(Br)cc1C(=O)c1ccccc1. The Kier molecular flexibility index (Phi) is 4.93. The van der Waals surface area contributed by atoms with Gasteiger partial charge in [-0.15, -0.1) is 11.6 Å². The van der Waals surface area contributed by atoms with Gasteiger partial charge in [-0.1, -0.05) is 46.3 Å². The number of amides is 1. The molecule has 0 aliphatic rings. The van der Waals surface area contributed by atoms with Crippen LogP contribution >= 0.6 is 27.5 Å². The van der Waals surface area contributed by atoms with Crippen LogP contribution in [0.4, 0.5) is 5.69 Å². The van der Waals surface area contributed by atoms with E-state index in [1.165, 1.54) is 0 Å². The van der Waals surface area contributed by atoms with Crippen LogP contribution in [0, 0.1) is 0 Å². The summed E-state index contributed by atoms with van der Waals surface area (Å²) in [5, 5.41) is 2.63. The number of rotatable bonds is 4. The van der Waals surface area contributed by atoms with Gasteiger partial charge in [0, 0.05) is 15.6 Å². The number of carbonyl (C=O) groups is 2. The molecular formula is C15H11BrClNO2. The average molecular weight is 353 g/mol. The summed E-state index contributed by atoms with van der Waals surface area (Å²) in [4.78, 5) is 23.9. The number of anilines is 1. The summed E-state index contributed by atoms with van der Waals surface area (Å²) in [6.45, 7) is 0. The van der Waals surface area contributed by atoms with Gasteiger partial charge >= 0.3 is 0 Å². The van der Waals surface area contributed by atoms with Crippen molar-refractivity contribution in [2.24, 2.45) is 0 Å². The Bertz CT molecular complexity index is 644. The second-order valence-electron chi connectivity index (χ2n) is 4.07. The van der Waals surface area contributed by atoms with Crippen molar-refractivity contribution in [3.05, 3.63) is 64.1 Å². The molecule has 0 aliphatic heterocycles. The number of hydrogen-bond donors (Lipinski definition) is 1. The van der Waals surface area contributed by atoms with Gasteiger partial charge in [0.25, 0.3) is 0 Å². The van der Waals surface area contributed by atoms with Gasteiger partial charge in [0.1, 0.15) is 5.88 Å². The van der Waals surface area contributed by atoms with Crippen molar-refractivity contribution in [3.8, 4) is 0 Å². The summed E-state index contributed by atoms with van der Waals surface area (Å²) in [6, 6.07) is 14.0. The van der Waals surface area contributed by atoms with Crippen molar-refractivity contribution in [3.63, 3.8) is 0 Å². The number of alkyl halides is 1. The second-order valence-corrected chi connectivity index (χ2v) is 5.25. The molecule has 0 saturated heterocycles. The predicted octanol–water partition coefficient (Wildman–Crippen LogP) is 3.86. The van der Waals surface area contributed by atoms with E-state index in [4.69, 9.17) is 11.6 Å². The normalized spacial score (nSPS) is 10.1. The van der Waals surface area contributed by atoms with E-state index in [1.54, 1.807) is 42.5 Å². The first kappa shape index (κ1) is 14.8. The number of carbonyl (C=O) groups excluding carboxylic acids is 2. The first-order valence-electron chi connectivity index (χ1n) is 5.87. The minimum atomic E-state index is -0.351. The lowest BCUT2D eigenvalue weighted by atomic mass is 10.0. The van der Waals surface area contributed by atoms with Crippen molar-refractivity contribution in [2.45, 2.75) is 0 Å². The highest BCUT2D eigenvalue weighted by molar-refractivity contribution is 9.10. The molecule has 3 nitrogen and oxygen atoms in total. The van der Waals surface area contributed by atoms with Gasteiger partial charge < -0.3 is 5.32 Å². The molecule has 0 aromatic heterocycles. The van der Waals surface area contributed by atoms with Crippen molar-refractivity contribution in [2.75, 3.05) is 11.2 Å². The Morgan fingerprint density at radius 3 is 2.45 bits per heavy atom. The predicted molar refractivity (Wildman–Crippen MR) is 83.4 cm³/mol. The van der Waals surface area contributed by atoms with E-state index in [-0.39, 0.29) is 17.6 Å². The number of ketones is 1. The molecule has 0 aliphatic carbocycles. The summed E-state index contributed by atoms with van der Waals surface area (Å²) < 4.78 is 0.764. The van der Waals surface area contributed by atoms with Crippen LogP contribution < -0.4 is 5.32 Å². The Balaban J connectivity index is 2.41. The molecule has 5 heteroatoms. The molecule has 2 aromatic carbocycles. The van der Waals surface area contributed by atoms with Gasteiger partial charge in [0.15, 0.2) is 5.78 Å². The number of halogens is 2. The van der Waals surface area contributed by atoms with Gasteiger partial charge in [-0.05, 0) is 18.2 Å². The van der Waals surface area contributed by atoms with E-state index in [2.05, 4.69) is 21.2 Å². The third kappa shape index (κ3) is 3.46. The fourth-order valence-electron chi connectivity index (χ4n) is 1.74. The molecular weight excluding hydrogens is 342 g/mol. The molecule has 20 heavy (non-hydrogen) atoms. The Labute approximate surface area is 130 Å². The van der Waals surface area contributed by atoms with Crippen LogP contribution in [0.25, 0.3) is 0 Å². The molecule has 0 bridgehead atoms. The molecule has 0 unspecified atom stereocenters. The molecule has 1 N–H and O–H groups in total. The zero-order valence-electron chi connectivity index (χ0n) is 10.4. The van der Waals surface area contributed by atoms with Gasteiger partial charge in [-0.25, -0.2) is 0 Å². The molecule has 0 heterocycles. The van der Waals surface area contributed by atoms with Crippen LogP contribution in [0.3, 0.4) is 0 Å². The maximum atomic E-state index is 12.5. The zero-order valence-corrected chi connectivity index (χ0v) is 12.7. The molecule has 2 aromatic rings. The average Bonchev–Trinajstić information content (AvgIpc) is 2.49. The van der Waals surface area contributed by atoms with Crippen molar-refractivity contribution in [1.29, 1.82) is 0 Å². The minimum Gasteiger partial charge on any atom is -0.324 e.